The maximum atomic E-state index is 13.0. The SMILES string of the molecule is CC(C)(C)OC(=O)N1Cc2cc(Cl)ccc2-n2c(nnc2C2CC3(C2)CN(c2ccccn2)C3)C1. The predicted octanol–water partition coefficient (Wildman–Crippen LogP) is 4.95. The van der Waals surface area contributed by atoms with E-state index in [1.54, 1.807) is 4.90 Å². The molecule has 3 aromatic rings. The van der Waals surface area contributed by atoms with Gasteiger partial charge in [0, 0.05) is 35.6 Å². The fourth-order valence-corrected chi connectivity index (χ4v) is 5.83. The summed E-state index contributed by atoms with van der Waals surface area (Å²) in [5.41, 5.74) is 1.69. The van der Waals surface area contributed by atoms with Crippen LogP contribution in [0.1, 0.15) is 56.7 Å². The van der Waals surface area contributed by atoms with Crippen LogP contribution in [0.15, 0.2) is 42.6 Å². The highest BCUT2D eigenvalue weighted by molar-refractivity contribution is 6.30. The molecule has 1 aromatic carbocycles. The number of hydrogen-bond donors (Lipinski definition) is 0. The zero-order valence-corrected chi connectivity index (χ0v) is 21.0. The highest BCUT2D eigenvalue weighted by Crippen LogP contribution is 2.56. The number of halogens is 1. The summed E-state index contributed by atoms with van der Waals surface area (Å²) in [6.07, 6.45) is 3.63. The summed E-state index contributed by atoms with van der Waals surface area (Å²) in [4.78, 5) is 21.5. The van der Waals surface area contributed by atoms with Crippen molar-refractivity contribution in [2.45, 2.75) is 58.2 Å². The van der Waals surface area contributed by atoms with Crippen molar-refractivity contribution in [2.75, 3.05) is 18.0 Å². The second-order valence-electron chi connectivity index (χ2n) is 11.1. The Hall–Kier alpha value is -3.13. The van der Waals surface area contributed by atoms with Crippen molar-refractivity contribution in [1.29, 1.82) is 0 Å². The Kier molecular flexibility index (Phi) is 5.07. The predicted molar refractivity (Wildman–Crippen MR) is 133 cm³/mol. The fourth-order valence-electron chi connectivity index (χ4n) is 5.64. The van der Waals surface area contributed by atoms with Crippen LogP contribution >= 0.6 is 11.6 Å². The maximum Gasteiger partial charge on any atom is 0.411 e. The van der Waals surface area contributed by atoms with E-state index in [1.165, 1.54) is 0 Å². The third kappa shape index (κ3) is 4.03. The molecular formula is C26H29ClN6O2. The second kappa shape index (κ2) is 7.95. The van der Waals surface area contributed by atoms with Crippen LogP contribution in [0.2, 0.25) is 5.02 Å². The van der Waals surface area contributed by atoms with Gasteiger partial charge in [0.1, 0.15) is 17.2 Å². The average molecular weight is 493 g/mol. The first kappa shape index (κ1) is 22.3. The third-order valence-corrected chi connectivity index (χ3v) is 7.37. The van der Waals surface area contributed by atoms with E-state index in [2.05, 4.69) is 30.7 Å². The Labute approximate surface area is 209 Å². The number of benzene rings is 1. The largest absolute Gasteiger partial charge is 0.444 e. The van der Waals surface area contributed by atoms with Crippen LogP contribution in [0.5, 0.6) is 0 Å². The van der Waals surface area contributed by atoms with Gasteiger partial charge in [-0.25, -0.2) is 9.78 Å². The van der Waals surface area contributed by atoms with Crippen molar-refractivity contribution in [1.82, 2.24) is 24.6 Å². The number of pyridine rings is 1. The van der Waals surface area contributed by atoms with Crippen LogP contribution in [-0.2, 0) is 17.8 Å². The molecule has 1 amide bonds. The normalized spacial score (nSPS) is 18.9. The number of nitrogens with zero attached hydrogens (tertiary/aromatic N) is 6. The Morgan fingerprint density at radius 1 is 1.11 bits per heavy atom. The summed E-state index contributed by atoms with van der Waals surface area (Å²) >= 11 is 6.35. The summed E-state index contributed by atoms with van der Waals surface area (Å²) in [7, 11) is 0. The molecule has 6 rings (SSSR count). The Bertz CT molecular complexity index is 1270. The van der Waals surface area contributed by atoms with Gasteiger partial charge in [0.2, 0.25) is 0 Å². The molecule has 1 aliphatic carbocycles. The lowest BCUT2D eigenvalue weighted by atomic mass is 9.57. The van der Waals surface area contributed by atoms with Gasteiger partial charge in [0.25, 0.3) is 0 Å². The molecule has 2 aromatic heterocycles. The van der Waals surface area contributed by atoms with Gasteiger partial charge in [-0.05, 0) is 69.5 Å². The van der Waals surface area contributed by atoms with Crippen molar-refractivity contribution < 1.29 is 9.53 Å². The van der Waals surface area contributed by atoms with Crippen LogP contribution in [0.25, 0.3) is 5.69 Å². The lowest BCUT2D eigenvalue weighted by Gasteiger charge is -2.59. The standard InChI is InChI=1S/C26H29ClN6O2/c1-25(2,3)35-24(34)31-13-17-10-19(27)7-8-20(17)33-22(14-31)29-30-23(33)18-11-26(12-18)15-32(16-26)21-6-4-5-9-28-21/h4-10,18H,11-16H2,1-3H3. The minimum Gasteiger partial charge on any atom is -0.444 e. The van der Waals surface area contributed by atoms with E-state index in [1.807, 2.05) is 57.3 Å². The number of hydrogen-bond acceptors (Lipinski definition) is 6. The summed E-state index contributed by atoms with van der Waals surface area (Å²) in [5, 5.41) is 9.80. The summed E-state index contributed by atoms with van der Waals surface area (Å²) < 4.78 is 7.80. The van der Waals surface area contributed by atoms with Crippen LogP contribution < -0.4 is 4.90 Å². The monoisotopic (exact) mass is 492 g/mol. The Balaban J connectivity index is 1.25. The van der Waals surface area contributed by atoms with Gasteiger partial charge in [-0.15, -0.1) is 10.2 Å². The molecule has 1 spiro atoms. The zero-order chi connectivity index (χ0) is 24.4. The van der Waals surface area contributed by atoms with Crippen LogP contribution in [0.3, 0.4) is 0 Å². The first-order chi connectivity index (χ1) is 16.7. The number of ether oxygens (including phenoxy) is 1. The van der Waals surface area contributed by atoms with E-state index < -0.39 is 5.60 Å². The molecule has 3 aliphatic rings. The topological polar surface area (TPSA) is 76.4 Å². The van der Waals surface area contributed by atoms with E-state index in [0.717, 1.165) is 54.6 Å². The quantitative estimate of drug-likeness (QED) is 0.503. The summed E-state index contributed by atoms with van der Waals surface area (Å²) in [5.74, 6) is 3.10. The van der Waals surface area contributed by atoms with Crippen molar-refractivity contribution in [2.24, 2.45) is 5.41 Å². The van der Waals surface area contributed by atoms with Gasteiger partial charge in [0.15, 0.2) is 5.82 Å². The highest BCUT2D eigenvalue weighted by atomic mass is 35.5. The lowest BCUT2D eigenvalue weighted by Crippen LogP contribution is -2.62. The molecule has 1 saturated heterocycles. The van der Waals surface area contributed by atoms with Gasteiger partial charge in [-0.3, -0.25) is 9.47 Å². The molecule has 8 nitrogen and oxygen atoms in total. The van der Waals surface area contributed by atoms with Crippen molar-refractivity contribution in [3.8, 4) is 5.69 Å². The number of aromatic nitrogens is 4. The molecule has 0 bridgehead atoms. The van der Waals surface area contributed by atoms with E-state index in [4.69, 9.17) is 16.3 Å². The van der Waals surface area contributed by atoms with Gasteiger partial charge in [0.05, 0.1) is 18.8 Å². The zero-order valence-electron chi connectivity index (χ0n) is 20.2. The Morgan fingerprint density at radius 3 is 2.63 bits per heavy atom. The van der Waals surface area contributed by atoms with Crippen molar-refractivity contribution >= 4 is 23.5 Å². The smallest absolute Gasteiger partial charge is 0.411 e. The third-order valence-electron chi connectivity index (χ3n) is 7.13. The molecule has 35 heavy (non-hydrogen) atoms. The Morgan fingerprint density at radius 2 is 1.91 bits per heavy atom. The molecule has 2 aliphatic heterocycles. The van der Waals surface area contributed by atoms with Gasteiger partial charge in [-0.2, -0.15) is 0 Å². The fraction of sp³-hybridized carbons (Fsp3) is 0.462. The number of anilines is 1. The molecule has 9 heteroatoms. The number of amides is 1. The lowest BCUT2D eigenvalue weighted by molar-refractivity contribution is 0.0214. The van der Waals surface area contributed by atoms with E-state index in [-0.39, 0.29) is 6.09 Å². The molecule has 4 heterocycles. The molecule has 0 N–H and O–H groups in total. The minimum absolute atomic E-state index is 0.324. The molecule has 2 fully saturated rings. The number of rotatable bonds is 2. The van der Waals surface area contributed by atoms with E-state index >= 15 is 0 Å². The first-order valence-corrected chi connectivity index (χ1v) is 12.4. The maximum absolute atomic E-state index is 13.0. The van der Waals surface area contributed by atoms with Gasteiger partial charge < -0.3 is 9.64 Å². The first-order valence-electron chi connectivity index (χ1n) is 12.1. The second-order valence-corrected chi connectivity index (χ2v) is 11.5. The molecule has 0 radical (unpaired) electrons. The van der Waals surface area contributed by atoms with Crippen LogP contribution in [0.4, 0.5) is 10.6 Å². The van der Waals surface area contributed by atoms with E-state index in [9.17, 15) is 4.79 Å². The van der Waals surface area contributed by atoms with Crippen LogP contribution in [0, 0.1) is 5.41 Å². The minimum atomic E-state index is -0.578. The number of fused-ring (bicyclic) bond motifs is 3. The van der Waals surface area contributed by atoms with Gasteiger partial charge >= 0.3 is 6.09 Å². The van der Waals surface area contributed by atoms with Crippen molar-refractivity contribution in [3.05, 3.63) is 64.8 Å². The number of carbonyl (C=O) groups excluding carboxylic acids is 1. The average Bonchev–Trinajstić information content (AvgIpc) is 3.06. The summed E-state index contributed by atoms with van der Waals surface area (Å²) in [6, 6.07) is 11.9. The van der Waals surface area contributed by atoms with E-state index in [0.29, 0.717) is 29.4 Å². The molecular weight excluding hydrogens is 464 g/mol. The molecule has 182 valence electrons. The number of carbonyl (C=O) groups is 1. The van der Waals surface area contributed by atoms with Crippen molar-refractivity contribution in [3.63, 3.8) is 0 Å². The molecule has 0 unspecified atom stereocenters. The molecule has 0 atom stereocenters. The molecule has 1 saturated carbocycles. The van der Waals surface area contributed by atoms with Crippen LogP contribution in [-0.4, -0.2) is 49.4 Å². The summed E-state index contributed by atoms with van der Waals surface area (Å²) in [6.45, 7) is 8.41. The van der Waals surface area contributed by atoms with Gasteiger partial charge in [-0.1, -0.05) is 17.7 Å². The highest BCUT2D eigenvalue weighted by Gasteiger charge is 2.54.